The van der Waals surface area contributed by atoms with Crippen molar-refractivity contribution in [3.8, 4) is 11.5 Å². The molecule has 0 radical (unpaired) electrons. The molecule has 0 bridgehead atoms. The molecule has 2 N–H and O–H groups in total. The average Bonchev–Trinajstić information content (AvgIpc) is 3.18. The predicted octanol–water partition coefficient (Wildman–Crippen LogP) is 3.45. The Labute approximate surface area is 148 Å². The lowest BCUT2D eigenvalue weighted by Crippen LogP contribution is -2.44. The zero-order valence-corrected chi connectivity index (χ0v) is 13.9. The normalized spacial score (nSPS) is 12.5. The van der Waals surface area contributed by atoms with Crippen LogP contribution in [0.3, 0.4) is 0 Å². The van der Waals surface area contributed by atoms with Crippen molar-refractivity contribution in [3.63, 3.8) is 0 Å². The number of fused-ring (bicyclic) bond motifs is 2. The van der Waals surface area contributed by atoms with E-state index in [0.717, 1.165) is 11.1 Å². The third-order valence-corrected chi connectivity index (χ3v) is 4.85. The monoisotopic (exact) mass is 350 g/mol. The molecule has 5 nitrogen and oxygen atoms in total. The van der Waals surface area contributed by atoms with E-state index < -0.39 is 5.92 Å². The summed E-state index contributed by atoms with van der Waals surface area (Å²) in [4.78, 5) is 25.4. The van der Waals surface area contributed by atoms with Gasteiger partial charge in [0.25, 0.3) is 11.8 Å². The van der Waals surface area contributed by atoms with Crippen molar-refractivity contribution in [1.29, 1.82) is 0 Å². The molecule has 25 heavy (non-hydrogen) atoms. The van der Waals surface area contributed by atoms with Crippen LogP contribution in [0.2, 0.25) is 0 Å². The minimum atomic E-state index is -0.551. The predicted molar refractivity (Wildman–Crippen MR) is 94.7 cm³/mol. The summed E-state index contributed by atoms with van der Waals surface area (Å²) in [5, 5.41) is 1.81. The Kier molecular flexibility index (Phi) is 3.95. The average molecular weight is 350 g/mol. The Balaban J connectivity index is 1.61. The van der Waals surface area contributed by atoms with E-state index in [4.69, 9.17) is 4.74 Å². The van der Waals surface area contributed by atoms with Gasteiger partial charge >= 0.3 is 0 Å². The molecule has 1 aliphatic rings. The molecule has 0 fully saturated rings. The summed E-state index contributed by atoms with van der Waals surface area (Å²) in [6.45, 7) is 0. The van der Waals surface area contributed by atoms with Crippen LogP contribution >= 0.6 is 11.3 Å². The molecule has 2 aromatic carbocycles. The number of ether oxygens (including phenoxy) is 1. The quantitative estimate of drug-likeness (QED) is 0.696. The van der Waals surface area contributed by atoms with Crippen molar-refractivity contribution >= 4 is 23.2 Å². The van der Waals surface area contributed by atoms with Gasteiger partial charge in [-0.1, -0.05) is 42.5 Å². The van der Waals surface area contributed by atoms with Gasteiger partial charge in [-0.05, 0) is 23.6 Å². The highest BCUT2D eigenvalue weighted by atomic mass is 32.1. The van der Waals surface area contributed by atoms with Gasteiger partial charge in [0.2, 0.25) is 0 Å². The summed E-state index contributed by atoms with van der Waals surface area (Å²) < 4.78 is 5.88. The third-order valence-electron chi connectivity index (χ3n) is 3.99. The van der Waals surface area contributed by atoms with E-state index in [1.807, 2.05) is 53.9 Å². The highest BCUT2D eigenvalue weighted by molar-refractivity contribution is 7.12. The summed E-state index contributed by atoms with van der Waals surface area (Å²) in [5.74, 6) is 0.0896. The number of thiophene rings is 1. The van der Waals surface area contributed by atoms with Gasteiger partial charge in [0, 0.05) is 11.1 Å². The standard InChI is InChI=1S/C19H14N2O3S/c22-18(16-10-5-11-25-16)20-21-19(23)17-12-6-1-3-8-14(12)24-15-9-4-2-7-13(15)17/h1-11,17H,(H,20,22)(H,21,23). The van der Waals surface area contributed by atoms with E-state index in [-0.39, 0.29) is 11.8 Å². The van der Waals surface area contributed by atoms with Crippen LogP contribution in [0, 0.1) is 0 Å². The molecular weight excluding hydrogens is 336 g/mol. The Morgan fingerprint density at radius 3 is 2.08 bits per heavy atom. The maximum Gasteiger partial charge on any atom is 0.279 e. The fourth-order valence-corrected chi connectivity index (χ4v) is 3.47. The van der Waals surface area contributed by atoms with E-state index in [1.165, 1.54) is 11.3 Å². The second-order valence-electron chi connectivity index (χ2n) is 5.53. The maximum atomic E-state index is 12.8. The smallest absolute Gasteiger partial charge is 0.279 e. The van der Waals surface area contributed by atoms with Crippen molar-refractivity contribution in [1.82, 2.24) is 10.9 Å². The molecule has 3 aromatic rings. The highest BCUT2D eigenvalue weighted by Crippen LogP contribution is 2.43. The second-order valence-corrected chi connectivity index (χ2v) is 6.48. The number of para-hydroxylation sites is 2. The molecule has 124 valence electrons. The molecular formula is C19H14N2O3S. The molecule has 0 aliphatic carbocycles. The van der Waals surface area contributed by atoms with Gasteiger partial charge in [-0.2, -0.15) is 0 Å². The Hall–Kier alpha value is -3.12. The van der Waals surface area contributed by atoms with Crippen LogP contribution in [0.25, 0.3) is 0 Å². The molecule has 0 saturated heterocycles. The van der Waals surface area contributed by atoms with Crippen LogP contribution in [-0.4, -0.2) is 11.8 Å². The number of hydrazine groups is 1. The van der Waals surface area contributed by atoms with Gasteiger partial charge in [0.1, 0.15) is 11.5 Å². The van der Waals surface area contributed by atoms with Crippen LogP contribution in [0.1, 0.15) is 26.7 Å². The zero-order chi connectivity index (χ0) is 17.2. The molecule has 2 heterocycles. The van der Waals surface area contributed by atoms with Crippen LogP contribution in [0.4, 0.5) is 0 Å². The first-order valence-corrected chi connectivity index (χ1v) is 8.61. The van der Waals surface area contributed by atoms with E-state index in [0.29, 0.717) is 16.4 Å². The summed E-state index contributed by atoms with van der Waals surface area (Å²) in [5.41, 5.74) is 6.55. The summed E-state index contributed by atoms with van der Waals surface area (Å²) in [7, 11) is 0. The number of hydrogen-bond acceptors (Lipinski definition) is 4. The summed E-state index contributed by atoms with van der Waals surface area (Å²) >= 11 is 1.31. The summed E-state index contributed by atoms with van der Waals surface area (Å²) in [6, 6.07) is 18.3. The van der Waals surface area contributed by atoms with Crippen LogP contribution in [0.15, 0.2) is 66.0 Å². The number of nitrogens with one attached hydrogen (secondary N) is 2. The van der Waals surface area contributed by atoms with Crippen LogP contribution in [-0.2, 0) is 4.79 Å². The fraction of sp³-hybridized carbons (Fsp3) is 0.0526. The number of carbonyl (C=O) groups is 2. The van der Waals surface area contributed by atoms with Gasteiger partial charge in [0.15, 0.2) is 0 Å². The van der Waals surface area contributed by atoms with Crippen molar-refractivity contribution in [2.45, 2.75) is 5.92 Å². The van der Waals surface area contributed by atoms with E-state index in [1.54, 1.807) is 12.1 Å². The summed E-state index contributed by atoms with van der Waals surface area (Å²) in [6.07, 6.45) is 0. The SMILES string of the molecule is O=C(NNC(=O)C1c2ccccc2Oc2ccccc21)c1cccs1. The number of benzene rings is 2. The topological polar surface area (TPSA) is 67.4 Å². The molecule has 0 unspecified atom stereocenters. The van der Waals surface area contributed by atoms with Crippen LogP contribution < -0.4 is 15.6 Å². The second kappa shape index (κ2) is 6.41. The minimum absolute atomic E-state index is 0.312. The molecule has 0 saturated carbocycles. The minimum Gasteiger partial charge on any atom is -0.457 e. The zero-order valence-electron chi connectivity index (χ0n) is 13.1. The molecule has 1 aromatic heterocycles. The van der Waals surface area contributed by atoms with Gasteiger partial charge in [-0.15, -0.1) is 11.3 Å². The van der Waals surface area contributed by atoms with Crippen molar-refractivity contribution < 1.29 is 14.3 Å². The van der Waals surface area contributed by atoms with Crippen molar-refractivity contribution in [2.24, 2.45) is 0 Å². The largest absolute Gasteiger partial charge is 0.457 e. The maximum absolute atomic E-state index is 12.8. The van der Waals surface area contributed by atoms with Gasteiger partial charge in [-0.25, -0.2) is 0 Å². The number of amides is 2. The first kappa shape index (κ1) is 15.4. The Morgan fingerprint density at radius 2 is 1.48 bits per heavy atom. The van der Waals surface area contributed by atoms with E-state index in [9.17, 15) is 9.59 Å². The van der Waals surface area contributed by atoms with Crippen molar-refractivity contribution in [3.05, 3.63) is 82.0 Å². The number of hydrogen-bond donors (Lipinski definition) is 2. The first-order valence-electron chi connectivity index (χ1n) is 7.73. The van der Waals surface area contributed by atoms with E-state index >= 15 is 0 Å². The lowest BCUT2D eigenvalue weighted by atomic mass is 9.87. The lowest BCUT2D eigenvalue weighted by Gasteiger charge is -2.27. The lowest BCUT2D eigenvalue weighted by molar-refractivity contribution is -0.122. The molecule has 0 atom stereocenters. The van der Waals surface area contributed by atoms with Gasteiger partial charge in [0.05, 0.1) is 10.8 Å². The Morgan fingerprint density at radius 1 is 0.840 bits per heavy atom. The van der Waals surface area contributed by atoms with Crippen LogP contribution in [0.5, 0.6) is 11.5 Å². The van der Waals surface area contributed by atoms with Crippen molar-refractivity contribution in [2.75, 3.05) is 0 Å². The van der Waals surface area contributed by atoms with Gasteiger partial charge in [-0.3, -0.25) is 20.4 Å². The van der Waals surface area contributed by atoms with E-state index in [2.05, 4.69) is 10.9 Å². The number of rotatable bonds is 2. The molecule has 2 amide bonds. The third kappa shape index (κ3) is 2.88. The molecule has 1 aliphatic heterocycles. The van der Waals surface area contributed by atoms with Gasteiger partial charge < -0.3 is 4.74 Å². The number of carbonyl (C=O) groups excluding carboxylic acids is 2. The fourth-order valence-electron chi connectivity index (χ4n) is 2.85. The first-order chi connectivity index (χ1) is 12.2. The highest BCUT2D eigenvalue weighted by Gasteiger charge is 2.32. The molecule has 4 rings (SSSR count). The molecule has 6 heteroatoms. The molecule has 0 spiro atoms. The Bertz CT molecular complexity index is 892.